The number of amides is 2. The van der Waals surface area contributed by atoms with Crippen molar-refractivity contribution in [2.24, 2.45) is 5.92 Å². The van der Waals surface area contributed by atoms with E-state index in [2.05, 4.69) is 5.32 Å². The van der Waals surface area contributed by atoms with Gasteiger partial charge in [0.25, 0.3) is 0 Å². The quantitative estimate of drug-likeness (QED) is 0.507. The number of piperidine rings is 1. The Balaban J connectivity index is 1.58. The van der Waals surface area contributed by atoms with Crippen LogP contribution < -0.4 is 19.5 Å². The highest BCUT2D eigenvalue weighted by Crippen LogP contribution is 2.38. The number of phenols is 1. The number of likely N-dealkylation sites (tertiary alicyclic amines) is 1. The molecule has 2 aromatic carbocycles. The minimum Gasteiger partial charge on any atom is -0.506 e. The number of nitrogens with zero attached hydrogens (tertiary/aromatic N) is 1. The van der Waals surface area contributed by atoms with E-state index in [1.54, 1.807) is 41.3 Å². The van der Waals surface area contributed by atoms with Crippen molar-refractivity contribution in [1.82, 2.24) is 4.90 Å². The van der Waals surface area contributed by atoms with E-state index >= 15 is 0 Å². The van der Waals surface area contributed by atoms with Gasteiger partial charge in [-0.05, 0) is 48.7 Å². The molecular formula is C24H28N2O6. The lowest BCUT2D eigenvalue weighted by molar-refractivity contribution is -0.130. The van der Waals surface area contributed by atoms with Gasteiger partial charge in [-0.2, -0.15) is 0 Å². The molecule has 2 amide bonds. The summed E-state index contributed by atoms with van der Waals surface area (Å²) >= 11 is 0. The minimum atomic E-state index is -0.210. The van der Waals surface area contributed by atoms with Crippen LogP contribution in [0.5, 0.6) is 23.0 Å². The molecule has 1 aliphatic rings. The second kappa shape index (κ2) is 10.6. The lowest BCUT2D eigenvalue weighted by Gasteiger charge is -2.30. The number of benzene rings is 2. The molecule has 0 unspecified atom stereocenters. The lowest BCUT2D eigenvalue weighted by atomic mass is 9.95. The Kier molecular flexibility index (Phi) is 7.59. The van der Waals surface area contributed by atoms with E-state index in [1.165, 1.54) is 33.5 Å². The molecule has 1 fully saturated rings. The zero-order chi connectivity index (χ0) is 23.1. The fourth-order valence-corrected chi connectivity index (χ4v) is 3.65. The Morgan fingerprint density at radius 2 is 1.66 bits per heavy atom. The van der Waals surface area contributed by atoms with Crippen LogP contribution in [0.4, 0.5) is 5.69 Å². The molecule has 0 aromatic heterocycles. The van der Waals surface area contributed by atoms with Gasteiger partial charge in [0.2, 0.25) is 17.6 Å². The van der Waals surface area contributed by atoms with Gasteiger partial charge < -0.3 is 29.5 Å². The van der Waals surface area contributed by atoms with E-state index in [0.29, 0.717) is 48.9 Å². The molecule has 2 aromatic rings. The molecular weight excluding hydrogens is 412 g/mol. The first-order valence-corrected chi connectivity index (χ1v) is 10.3. The van der Waals surface area contributed by atoms with Crippen molar-refractivity contribution in [2.75, 3.05) is 39.7 Å². The molecule has 32 heavy (non-hydrogen) atoms. The Labute approximate surface area is 187 Å². The third-order valence-electron chi connectivity index (χ3n) is 5.44. The van der Waals surface area contributed by atoms with Crippen molar-refractivity contribution < 1.29 is 28.9 Å². The van der Waals surface area contributed by atoms with Crippen molar-refractivity contribution >= 4 is 23.6 Å². The van der Waals surface area contributed by atoms with Crippen molar-refractivity contribution in [3.63, 3.8) is 0 Å². The number of anilines is 1. The Hall–Kier alpha value is -3.68. The highest BCUT2D eigenvalue weighted by molar-refractivity contribution is 5.95. The van der Waals surface area contributed by atoms with Gasteiger partial charge in [0.15, 0.2) is 11.5 Å². The number of carbonyl (C=O) groups is 2. The number of aromatic hydroxyl groups is 1. The number of phenolic OH excluding ortho intramolecular Hbond substituents is 1. The van der Waals surface area contributed by atoms with Crippen LogP contribution in [0.15, 0.2) is 42.5 Å². The second-order valence-corrected chi connectivity index (χ2v) is 7.40. The summed E-state index contributed by atoms with van der Waals surface area (Å²) in [5, 5.41) is 12.6. The van der Waals surface area contributed by atoms with E-state index in [1.807, 2.05) is 0 Å². The molecule has 3 rings (SSSR count). The van der Waals surface area contributed by atoms with E-state index in [-0.39, 0.29) is 23.5 Å². The molecule has 0 saturated carbocycles. The van der Waals surface area contributed by atoms with Crippen molar-refractivity contribution in [2.45, 2.75) is 12.8 Å². The van der Waals surface area contributed by atoms with Crippen molar-refractivity contribution in [3.8, 4) is 23.0 Å². The van der Waals surface area contributed by atoms with Gasteiger partial charge >= 0.3 is 0 Å². The maximum Gasteiger partial charge on any atom is 0.246 e. The fraction of sp³-hybridized carbons (Fsp3) is 0.333. The molecule has 0 aliphatic carbocycles. The first-order valence-electron chi connectivity index (χ1n) is 10.3. The van der Waals surface area contributed by atoms with Crippen molar-refractivity contribution in [3.05, 3.63) is 48.0 Å². The summed E-state index contributed by atoms with van der Waals surface area (Å²) in [5.74, 6) is 1.06. The summed E-state index contributed by atoms with van der Waals surface area (Å²) in [6, 6.07) is 10.1. The Morgan fingerprint density at radius 3 is 2.22 bits per heavy atom. The first-order chi connectivity index (χ1) is 15.5. The van der Waals surface area contributed by atoms with Gasteiger partial charge in [0.05, 0.1) is 27.0 Å². The normalized spacial score (nSPS) is 14.3. The lowest BCUT2D eigenvalue weighted by Crippen LogP contribution is -2.40. The van der Waals surface area contributed by atoms with Crippen LogP contribution in [0.25, 0.3) is 6.08 Å². The molecule has 0 spiro atoms. The van der Waals surface area contributed by atoms with Crippen LogP contribution in [0.2, 0.25) is 0 Å². The van der Waals surface area contributed by atoms with Crippen LogP contribution in [-0.4, -0.2) is 56.2 Å². The van der Waals surface area contributed by atoms with Crippen LogP contribution in [-0.2, 0) is 9.59 Å². The van der Waals surface area contributed by atoms with Crippen LogP contribution in [0.3, 0.4) is 0 Å². The number of rotatable bonds is 7. The summed E-state index contributed by atoms with van der Waals surface area (Å²) in [6.07, 6.45) is 4.32. The fourth-order valence-electron chi connectivity index (χ4n) is 3.65. The third kappa shape index (κ3) is 5.32. The molecule has 0 atom stereocenters. The van der Waals surface area contributed by atoms with Gasteiger partial charge in [0.1, 0.15) is 5.75 Å². The molecule has 1 heterocycles. The van der Waals surface area contributed by atoms with Crippen LogP contribution >= 0.6 is 0 Å². The summed E-state index contributed by atoms with van der Waals surface area (Å²) in [4.78, 5) is 26.9. The van der Waals surface area contributed by atoms with Crippen LogP contribution in [0, 0.1) is 5.92 Å². The maximum atomic E-state index is 12.6. The Morgan fingerprint density at radius 1 is 1.03 bits per heavy atom. The molecule has 0 radical (unpaired) electrons. The molecule has 8 nitrogen and oxygen atoms in total. The van der Waals surface area contributed by atoms with E-state index in [9.17, 15) is 14.7 Å². The SMILES string of the molecule is COc1cc(C=CC(=O)N2CCC(C(=O)Nc3ccccc3O)CC2)cc(OC)c1OC. The van der Waals surface area contributed by atoms with Gasteiger partial charge in [-0.15, -0.1) is 0 Å². The standard InChI is InChI=1S/C24H28N2O6/c1-30-20-14-16(15-21(31-2)23(20)32-3)8-9-22(28)26-12-10-17(11-13-26)24(29)25-18-6-4-5-7-19(18)27/h4-9,14-15,17,27H,10-13H2,1-3H3,(H,25,29). The van der Waals surface area contributed by atoms with E-state index in [4.69, 9.17) is 14.2 Å². The molecule has 1 saturated heterocycles. The van der Waals surface area contributed by atoms with Crippen LogP contribution in [0.1, 0.15) is 18.4 Å². The Bertz CT molecular complexity index is 971. The zero-order valence-electron chi connectivity index (χ0n) is 18.5. The summed E-state index contributed by atoms with van der Waals surface area (Å²) in [5.41, 5.74) is 1.13. The number of hydrogen-bond acceptors (Lipinski definition) is 6. The number of methoxy groups -OCH3 is 3. The highest BCUT2D eigenvalue weighted by Gasteiger charge is 2.27. The largest absolute Gasteiger partial charge is 0.506 e. The van der Waals surface area contributed by atoms with E-state index in [0.717, 1.165) is 5.56 Å². The number of para-hydroxylation sites is 2. The van der Waals surface area contributed by atoms with Gasteiger partial charge in [-0.25, -0.2) is 0 Å². The van der Waals surface area contributed by atoms with Gasteiger partial charge in [0, 0.05) is 25.1 Å². The predicted octanol–water partition coefficient (Wildman–Crippen LogP) is 3.31. The molecule has 8 heteroatoms. The topological polar surface area (TPSA) is 97.3 Å². The van der Waals surface area contributed by atoms with E-state index < -0.39 is 0 Å². The number of ether oxygens (including phenoxy) is 3. The second-order valence-electron chi connectivity index (χ2n) is 7.40. The first kappa shape index (κ1) is 23.0. The zero-order valence-corrected chi connectivity index (χ0v) is 18.5. The maximum absolute atomic E-state index is 12.6. The summed E-state index contributed by atoms with van der Waals surface area (Å²) in [6.45, 7) is 0.967. The third-order valence-corrected chi connectivity index (χ3v) is 5.44. The number of nitrogens with one attached hydrogen (secondary N) is 1. The molecule has 170 valence electrons. The smallest absolute Gasteiger partial charge is 0.246 e. The van der Waals surface area contributed by atoms with Gasteiger partial charge in [-0.3, -0.25) is 9.59 Å². The predicted molar refractivity (Wildman–Crippen MR) is 121 cm³/mol. The minimum absolute atomic E-state index is 0.0328. The number of carbonyl (C=O) groups excluding carboxylic acids is 2. The molecule has 2 N–H and O–H groups in total. The summed E-state index contributed by atoms with van der Waals surface area (Å²) < 4.78 is 16.0. The average molecular weight is 440 g/mol. The monoisotopic (exact) mass is 440 g/mol. The summed E-state index contributed by atoms with van der Waals surface area (Å²) in [7, 11) is 4.61. The van der Waals surface area contributed by atoms with Gasteiger partial charge in [-0.1, -0.05) is 12.1 Å². The highest BCUT2D eigenvalue weighted by atomic mass is 16.5. The van der Waals surface area contributed by atoms with Crippen molar-refractivity contribution in [1.29, 1.82) is 0 Å². The molecule has 1 aliphatic heterocycles. The molecule has 0 bridgehead atoms. The average Bonchev–Trinajstić information content (AvgIpc) is 2.83. The number of hydrogen-bond donors (Lipinski definition) is 2.